The molecule has 0 fully saturated rings. The van der Waals surface area contributed by atoms with Crippen LogP contribution in [0.2, 0.25) is 0 Å². The van der Waals surface area contributed by atoms with Crippen LogP contribution in [0.25, 0.3) is 0 Å². The summed E-state index contributed by atoms with van der Waals surface area (Å²) < 4.78 is 7.22. The van der Waals surface area contributed by atoms with Gasteiger partial charge in [-0.15, -0.1) is 0 Å². The fraction of sp³-hybridized carbons (Fsp3) is 0.667. The maximum atomic E-state index is 5.85. The Hall–Kier alpha value is -1.19. The molecule has 0 amide bonds. The molecule has 1 heterocycles. The molecule has 0 unspecified atom stereocenters. The highest BCUT2D eigenvalue weighted by Crippen LogP contribution is 2.25. The van der Waals surface area contributed by atoms with E-state index < -0.39 is 0 Å². The lowest BCUT2D eigenvalue weighted by molar-refractivity contribution is 0.223. The standard InChI is InChI=1S/C9H17N3O/c1-5-7-8(10)9(12(4)11-7)13-6(2)3/h6H,5,10H2,1-4H3. The van der Waals surface area contributed by atoms with Gasteiger partial charge in [-0.3, -0.25) is 0 Å². The zero-order valence-electron chi connectivity index (χ0n) is 8.66. The van der Waals surface area contributed by atoms with Crippen molar-refractivity contribution >= 4 is 5.69 Å². The number of anilines is 1. The minimum Gasteiger partial charge on any atom is -0.474 e. The van der Waals surface area contributed by atoms with Gasteiger partial charge in [0.25, 0.3) is 0 Å². The van der Waals surface area contributed by atoms with Crippen LogP contribution in [0.15, 0.2) is 0 Å². The Balaban J connectivity index is 2.98. The molecule has 0 aliphatic rings. The van der Waals surface area contributed by atoms with Crippen molar-refractivity contribution < 1.29 is 4.74 Å². The second-order valence-electron chi connectivity index (χ2n) is 3.31. The van der Waals surface area contributed by atoms with Crippen LogP contribution in [0.4, 0.5) is 5.69 Å². The summed E-state index contributed by atoms with van der Waals surface area (Å²) in [5.41, 5.74) is 7.42. The van der Waals surface area contributed by atoms with Crippen LogP contribution in [-0.4, -0.2) is 15.9 Å². The van der Waals surface area contributed by atoms with Crippen molar-refractivity contribution in [1.82, 2.24) is 9.78 Å². The van der Waals surface area contributed by atoms with E-state index in [0.29, 0.717) is 11.6 Å². The van der Waals surface area contributed by atoms with Crippen LogP contribution in [0.1, 0.15) is 26.5 Å². The molecule has 0 aliphatic carbocycles. The van der Waals surface area contributed by atoms with Crippen molar-refractivity contribution in [2.75, 3.05) is 5.73 Å². The number of aromatic nitrogens is 2. The van der Waals surface area contributed by atoms with E-state index in [1.807, 2.05) is 27.8 Å². The van der Waals surface area contributed by atoms with E-state index in [1.54, 1.807) is 4.68 Å². The van der Waals surface area contributed by atoms with Gasteiger partial charge in [0.05, 0.1) is 11.8 Å². The predicted molar refractivity (Wildman–Crippen MR) is 52.8 cm³/mol. The number of ether oxygens (including phenoxy) is 1. The quantitative estimate of drug-likeness (QED) is 0.769. The normalized spacial score (nSPS) is 10.8. The van der Waals surface area contributed by atoms with Crippen molar-refractivity contribution in [3.63, 3.8) is 0 Å². The first-order chi connectivity index (χ1) is 6.06. The SMILES string of the molecule is CCc1nn(C)c(OC(C)C)c1N. The topological polar surface area (TPSA) is 53.1 Å². The number of aryl methyl sites for hydroxylation is 2. The Morgan fingerprint density at radius 1 is 1.54 bits per heavy atom. The number of nitrogen functional groups attached to an aromatic ring is 1. The highest BCUT2D eigenvalue weighted by atomic mass is 16.5. The van der Waals surface area contributed by atoms with Crippen molar-refractivity contribution in [3.05, 3.63) is 5.69 Å². The van der Waals surface area contributed by atoms with Gasteiger partial charge in [-0.1, -0.05) is 6.92 Å². The van der Waals surface area contributed by atoms with Gasteiger partial charge < -0.3 is 10.5 Å². The van der Waals surface area contributed by atoms with Crippen molar-refractivity contribution in [3.8, 4) is 5.88 Å². The third-order valence-corrected chi connectivity index (χ3v) is 1.79. The molecular weight excluding hydrogens is 166 g/mol. The van der Waals surface area contributed by atoms with E-state index >= 15 is 0 Å². The van der Waals surface area contributed by atoms with Crippen LogP contribution < -0.4 is 10.5 Å². The average molecular weight is 183 g/mol. The molecule has 4 heteroatoms. The molecule has 0 saturated heterocycles. The summed E-state index contributed by atoms with van der Waals surface area (Å²) in [4.78, 5) is 0. The summed E-state index contributed by atoms with van der Waals surface area (Å²) >= 11 is 0. The Bertz CT molecular complexity index is 291. The summed E-state index contributed by atoms with van der Waals surface area (Å²) in [6, 6.07) is 0. The van der Waals surface area contributed by atoms with E-state index in [-0.39, 0.29) is 6.10 Å². The third kappa shape index (κ3) is 1.94. The van der Waals surface area contributed by atoms with Crippen LogP contribution in [0.5, 0.6) is 5.88 Å². The van der Waals surface area contributed by atoms with Gasteiger partial charge in [-0.05, 0) is 20.3 Å². The van der Waals surface area contributed by atoms with Crippen molar-refractivity contribution in [2.45, 2.75) is 33.3 Å². The maximum absolute atomic E-state index is 5.85. The second-order valence-corrected chi connectivity index (χ2v) is 3.31. The first kappa shape index (κ1) is 9.89. The monoisotopic (exact) mass is 183 g/mol. The summed E-state index contributed by atoms with van der Waals surface area (Å²) in [7, 11) is 1.84. The number of nitrogens with two attached hydrogens (primary N) is 1. The Labute approximate surface area is 78.7 Å². The van der Waals surface area contributed by atoms with Gasteiger partial charge in [0, 0.05) is 7.05 Å². The lowest BCUT2D eigenvalue weighted by atomic mass is 10.3. The molecule has 1 rings (SSSR count). The Morgan fingerprint density at radius 3 is 2.54 bits per heavy atom. The van der Waals surface area contributed by atoms with Gasteiger partial charge in [-0.25, -0.2) is 4.68 Å². The summed E-state index contributed by atoms with van der Waals surface area (Å²) in [6.07, 6.45) is 0.962. The predicted octanol–water partition coefficient (Wildman–Crippen LogP) is 1.35. The molecule has 4 nitrogen and oxygen atoms in total. The number of hydrogen-bond acceptors (Lipinski definition) is 3. The molecule has 0 radical (unpaired) electrons. The van der Waals surface area contributed by atoms with Gasteiger partial charge in [-0.2, -0.15) is 5.10 Å². The van der Waals surface area contributed by atoms with Crippen LogP contribution in [-0.2, 0) is 13.5 Å². The van der Waals surface area contributed by atoms with Crippen LogP contribution in [0.3, 0.4) is 0 Å². The van der Waals surface area contributed by atoms with E-state index in [2.05, 4.69) is 5.10 Å². The molecule has 0 spiro atoms. The van der Waals surface area contributed by atoms with Gasteiger partial charge in [0.1, 0.15) is 5.69 Å². The Morgan fingerprint density at radius 2 is 2.15 bits per heavy atom. The molecule has 1 aromatic rings. The third-order valence-electron chi connectivity index (χ3n) is 1.79. The summed E-state index contributed by atoms with van der Waals surface area (Å²) in [5.74, 6) is 0.673. The van der Waals surface area contributed by atoms with E-state index in [1.165, 1.54) is 0 Å². The van der Waals surface area contributed by atoms with E-state index in [9.17, 15) is 0 Å². The molecule has 0 saturated carbocycles. The first-order valence-corrected chi connectivity index (χ1v) is 4.54. The fourth-order valence-electron chi connectivity index (χ4n) is 1.20. The van der Waals surface area contributed by atoms with Gasteiger partial charge in [0.2, 0.25) is 5.88 Å². The molecule has 0 aliphatic heterocycles. The van der Waals surface area contributed by atoms with Gasteiger partial charge >= 0.3 is 0 Å². The highest BCUT2D eigenvalue weighted by molar-refractivity contribution is 5.53. The molecule has 0 atom stereocenters. The lowest BCUT2D eigenvalue weighted by Gasteiger charge is -2.09. The number of nitrogens with zero attached hydrogens (tertiary/aromatic N) is 2. The minimum absolute atomic E-state index is 0.127. The molecule has 13 heavy (non-hydrogen) atoms. The minimum atomic E-state index is 0.127. The lowest BCUT2D eigenvalue weighted by Crippen LogP contribution is -2.10. The van der Waals surface area contributed by atoms with Crippen LogP contribution in [0, 0.1) is 0 Å². The van der Waals surface area contributed by atoms with E-state index in [4.69, 9.17) is 10.5 Å². The summed E-state index contributed by atoms with van der Waals surface area (Å²) in [6.45, 7) is 5.97. The Kier molecular flexibility index (Phi) is 2.80. The maximum Gasteiger partial charge on any atom is 0.236 e. The molecule has 0 aromatic carbocycles. The zero-order chi connectivity index (χ0) is 10.0. The zero-order valence-corrected chi connectivity index (χ0v) is 8.66. The van der Waals surface area contributed by atoms with Crippen molar-refractivity contribution in [1.29, 1.82) is 0 Å². The van der Waals surface area contributed by atoms with Crippen molar-refractivity contribution in [2.24, 2.45) is 7.05 Å². The fourth-order valence-corrected chi connectivity index (χ4v) is 1.20. The van der Waals surface area contributed by atoms with E-state index in [0.717, 1.165) is 12.1 Å². The van der Waals surface area contributed by atoms with Gasteiger partial charge in [0.15, 0.2) is 0 Å². The highest BCUT2D eigenvalue weighted by Gasteiger charge is 2.13. The second kappa shape index (κ2) is 3.68. The number of hydrogen-bond donors (Lipinski definition) is 1. The smallest absolute Gasteiger partial charge is 0.236 e. The molecule has 0 bridgehead atoms. The molecule has 2 N–H and O–H groups in total. The first-order valence-electron chi connectivity index (χ1n) is 4.54. The summed E-state index contributed by atoms with van der Waals surface area (Å²) in [5, 5.41) is 4.25. The van der Waals surface area contributed by atoms with Crippen LogP contribution >= 0.6 is 0 Å². The average Bonchev–Trinajstić information content (AvgIpc) is 2.31. The largest absolute Gasteiger partial charge is 0.474 e. The molecular formula is C9H17N3O. The molecule has 1 aromatic heterocycles. The molecule has 74 valence electrons. The number of rotatable bonds is 3.